The quantitative estimate of drug-likeness (QED) is 0.0665. The molecule has 1 fully saturated rings. The van der Waals surface area contributed by atoms with Crippen molar-refractivity contribution in [2.75, 3.05) is 25.6 Å². The van der Waals surface area contributed by atoms with Crippen molar-refractivity contribution in [1.82, 2.24) is 20.6 Å². The van der Waals surface area contributed by atoms with Crippen LogP contribution in [0, 0.1) is 0 Å². The fraction of sp³-hybridized carbons (Fsp3) is 0.455. The predicted octanol–water partition coefficient (Wildman–Crippen LogP) is -0.299. The van der Waals surface area contributed by atoms with Crippen LogP contribution in [-0.4, -0.2) is 95.4 Å². The van der Waals surface area contributed by atoms with Crippen molar-refractivity contribution in [3.05, 3.63) is 22.3 Å². The van der Waals surface area contributed by atoms with E-state index >= 15 is 0 Å². The maximum Gasteiger partial charge on any atom is 0.511 e. The van der Waals surface area contributed by atoms with E-state index in [9.17, 15) is 19.2 Å². The molecular weight excluding hydrogens is 582 g/mol. The number of thiazole rings is 1. The van der Waals surface area contributed by atoms with Gasteiger partial charge in [-0.05, 0) is 13.8 Å². The largest absolute Gasteiger partial charge is 0.511 e. The Morgan fingerprint density at radius 2 is 1.98 bits per heavy atom. The number of rotatable bonds is 10. The van der Waals surface area contributed by atoms with Gasteiger partial charge in [-0.3, -0.25) is 19.5 Å². The Labute approximate surface area is 242 Å². The summed E-state index contributed by atoms with van der Waals surface area (Å²) < 4.78 is 15.1. The molecule has 0 aliphatic carbocycles. The Morgan fingerprint density at radius 1 is 1.24 bits per heavy atom. The Hall–Kier alpha value is -4.39. The number of β-lactam (4-membered cyclic amide) rings is 1. The number of ether oxygens (including phenoxy) is 3. The molecule has 222 valence electrons. The number of fused-ring (bicyclic) bond motifs is 1. The molecule has 0 saturated carbocycles. The molecule has 0 bridgehead atoms. The molecule has 2 aliphatic rings. The predicted molar refractivity (Wildman–Crippen MR) is 150 cm³/mol. The Balaban J connectivity index is 1.82. The number of nitrogens with two attached hydrogens (primary N) is 2. The van der Waals surface area contributed by atoms with Gasteiger partial charge in [0, 0.05) is 30.7 Å². The molecule has 3 heterocycles. The van der Waals surface area contributed by atoms with E-state index in [2.05, 4.69) is 31.0 Å². The average molecular weight is 612 g/mol. The lowest BCUT2D eigenvalue weighted by Crippen LogP contribution is -2.71. The average Bonchev–Trinajstić information content (AvgIpc) is 3.34. The summed E-state index contributed by atoms with van der Waals surface area (Å²) in [6.45, 7) is 4.56. The number of carbonyl (C=O) groups is 4. The van der Waals surface area contributed by atoms with E-state index in [-0.39, 0.29) is 33.9 Å². The number of hydrogen-bond acceptors (Lipinski definition) is 15. The number of anilines is 1. The number of aliphatic imine (C=N–C) groups is 1. The van der Waals surface area contributed by atoms with Crippen molar-refractivity contribution in [1.29, 1.82) is 0 Å². The van der Waals surface area contributed by atoms with Gasteiger partial charge in [-0.2, -0.15) is 5.10 Å². The first-order valence-corrected chi connectivity index (χ1v) is 13.8. The van der Waals surface area contributed by atoms with Crippen LogP contribution in [0.15, 0.2) is 31.9 Å². The number of esters is 1. The Kier molecular flexibility index (Phi) is 10.5. The summed E-state index contributed by atoms with van der Waals surface area (Å²) in [4.78, 5) is 65.0. The number of hydrazone groups is 1. The third-order valence-corrected chi connectivity index (χ3v) is 7.12. The van der Waals surface area contributed by atoms with Crippen molar-refractivity contribution in [3.8, 4) is 0 Å². The van der Waals surface area contributed by atoms with E-state index in [1.807, 2.05) is 0 Å². The second-order valence-electron chi connectivity index (χ2n) is 8.41. The number of nitrogens with zero attached hydrogens (tertiary/aromatic N) is 5. The third-order valence-electron chi connectivity index (χ3n) is 5.15. The number of amides is 2. The van der Waals surface area contributed by atoms with E-state index in [0.717, 1.165) is 16.2 Å². The number of hydrogen-bond donors (Lipinski definition) is 4. The van der Waals surface area contributed by atoms with E-state index in [1.54, 1.807) is 13.8 Å². The summed E-state index contributed by atoms with van der Waals surface area (Å²) in [6.07, 6.45) is -1.55. The van der Waals surface area contributed by atoms with Crippen LogP contribution in [0.25, 0.3) is 0 Å². The van der Waals surface area contributed by atoms with Crippen molar-refractivity contribution < 1.29 is 38.2 Å². The van der Waals surface area contributed by atoms with Crippen LogP contribution in [0.3, 0.4) is 0 Å². The molecule has 2 unspecified atom stereocenters. The molecular formula is C22H29N9O8S2. The monoisotopic (exact) mass is 611 g/mol. The van der Waals surface area contributed by atoms with Crippen LogP contribution in [0.1, 0.15) is 26.5 Å². The Morgan fingerprint density at radius 3 is 2.59 bits per heavy atom. The summed E-state index contributed by atoms with van der Waals surface area (Å²) in [6, 6.07) is -1.03. The number of nitrogens with one attached hydrogen (secondary N) is 2. The standard InChI is InChI=1S/C22H29N9O8S2/c1-9(2)37-22(35)39-10(3)38-19(34)15-11(6-26-29-20(23)25-4)7-40-18-14(17(33)31(15)18)28-16(32)13(30-36-5)12-8-41-21(24)27-12/h6,8-10,14,18H,7H2,1-5H3,(H2,24,27)(H,28,32)(H3,23,25,29)/b26-6+,30-13-/t10?,14?,18-/m1/s1. The first kappa shape index (κ1) is 31.1. The van der Waals surface area contributed by atoms with Gasteiger partial charge in [-0.1, -0.05) is 5.16 Å². The topological polar surface area (TPSA) is 235 Å². The van der Waals surface area contributed by atoms with E-state index in [1.165, 1.54) is 44.4 Å². The molecule has 0 aromatic carbocycles. The zero-order chi connectivity index (χ0) is 30.3. The van der Waals surface area contributed by atoms with Crippen molar-refractivity contribution >= 4 is 70.1 Å². The second-order valence-corrected chi connectivity index (χ2v) is 10.4. The molecule has 19 heteroatoms. The van der Waals surface area contributed by atoms with Gasteiger partial charge in [0.25, 0.3) is 11.8 Å². The van der Waals surface area contributed by atoms with Gasteiger partial charge in [0.1, 0.15) is 29.9 Å². The zero-order valence-corrected chi connectivity index (χ0v) is 24.3. The van der Waals surface area contributed by atoms with Crippen molar-refractivity contribution in [3.63, 3.8) is 0 Å². The van der Waals surface area contributed by atoms with Gasteiger partial charge < -0.3 is 35.8 Å². The molecule has 6 N–H and O–H groups in total. The number of oxime groups is 1. The summed E-state index contributed by atoms with van der Waals surface area (Å²) in [5.74, 6) is -2.13. The van der Waals surface area contributed by atoms with Crippen LogP contribution in [0.5, 0.6) is 0 Å². The highest BCUT2D eigenvalue weighted by Crippen LogP contribution is 2.40. The van der Waals surface area contributed by atoms with Crippen molar-refractivity contribution in [2.45, 2.75) is 44.6 Å². The highest BCUT2D eigenvalue weighted by Gasteiger charge is 2.55. The molecule has 2 aliphatic heterocycles. The molecule has 1 aromatic heterocycles. The fourth-order valence-electron chi connectivity index (χ4n) is 3.45. The molecule has 3 atom stereocenters. The van der Waals surface area contributed by atoms with Gasteiger partial charge in [-0.15, -0.1) is 23.1 Å². The molecule has 0 radical (unpaired) electrons. The summed E-state index contributed by atoms with van der Waals surface area (Å²) in [5, 5.41) is 11.3. The van der Waals surface area contributed by atoms with Crippen LogP contribution in [0.4, 0.5) is 9.93 Å². The maximum absolute atomic E-state index is 13.3. The zero-order valence-electron chi connectivity index (χ0n) is 22.6. The number of thioether (sulfide) groups is 1. The van der Waals surface area contributed by atoms with Crippen LogP contribution in [0.2, 0.25) is 0 Å². The van der Waals surface area contributed by atoms with E-state index in [0.29, 0.717) is 5.57 Å². The minimum absolute atomic E-state index is 0.0104. The molecule has 2 amide bonds. The lowest BCUT2D eigenvalue weighted by atomic mass is 10.0. The lowest BCUT2D eigenvalue weighted by molar-refractivity contribution is -0.169. The number of carbonyl (C=O) groups excluding carboxylic acids is 4. The summed E-state index contributed by atoms with van der Waals surface area (Å²) >= 11 is 2.36. The molecule has 41 heavy (non-hydrogen) atoms. The van der Waals surface area contributed by atoms with Gasteiger partial charge in [-0.25, -0.2) is 20.0 Å². The molecule has 1 saturated heterocycles. The van der Waals surface area contributed by atoms with Gasteiger partial charge >= 0.3 is 12.1 Å². The smallest absolute Gasteiger partial charge is 0.431 e. The Bertz CT molecular complexity index is 1310. The molecule has 17 nitrogen and oxygen atoms in total. The second kappa shape index (κ2) is 13.8. The molecule has 3 rings (SSSR count). The van der Waals surface area contributed by atoms with Gasteiger partial charge in [0.2, 0.25) is 12.2 Å². The van der Waals surface area contributed by atoms with Crippen LogP contribution >= 0.6 is 23.1 Å². The minimum Gasteiger partial charge on any atom is -0.431 e. The number of nitrogen functional groups attached to an aromatic ring is 1. The highest BCUT2D eigenvalue weighted by molar-refractivity contribution is 8.00. The molecule has 0 spiro atoms. The molecule has 1 aromatic rings. The first-order chi connectivity index (χ1) is 19.5. The van der Waals surface area contributed by atoms with Crippen LogP contribution in [-0.2, 0) is 33.4 Å². The first-order valence-electron chi connectivity index (χ1n) is 11.9. The van der Waals surface area contributed by atoms with E-state index in [4.69, 9.17) is 30.5 Å². The van der Waals surface area contributed by atoms with E-state index < -0.39 is 47.7 Å². The minimum atomic E-state index is -1.35. The highest BCUT2D eigenvalue weighted by atomic mass is 32.2. The van der Waals surface area contributed by atoms with Crippen molar-refractivity contribution in [2.24, 2.45) is 21.0 Å². The fourth-order valence-corrected chi connectivity index (χ4v) is 5.29. The summed E-state index contributed by atoms with van der Waals surface area (Å²) in [7, 11) is 2.70. The SMILES string of the molecule is CN=C(N)N/N=C/C1=C(C(=O)OC(C)OC(=O)OC(C)C)N2C(=O)C(NC(=O)/C(=N\OC)c3csc(N)n3)[C@H]2SC1. The maximum atomic E-state index is 13.3. The van der Waals surface area contributed by atoms with Crippen LogP contribution < -0.4 is 22.2 Å². The van der Waals surface area contributed by atoms with Gasteiger partial charge in [0.15, 0.2) is 10.8 Å². The normalized spacial score (nSPS) is 19.9. The third kappa shape index (κ3) is 7.63. The summed E-state index contributed by atoms with van der Waals surface area (Å²) in [5.41, 5.74) is 13.8. The lowest BCUT2D eigenvalue weighted by Gasteiger charge is -2.49. The number of guanidine groups is 1. The number of aromatic nitrogens is 1. The van der Waals surface area contributed by atoms with Gasteiger partial charge in [0.05, 0.1) is 12.3 Å².